The number of nitrogens with one attached hydrogen (secondary N) is 1. The van der Waals surface area contributed by atoms with Crippen molar-refractivity contribution in [1.82, 2.24) is 19.9 Å². The molecule has 3 aromatic rings. The summed E-state index contributed by atoms with van der Waals surface area (Å²) in [6, 6.07) is 9.19. The molecule has 0 aliphatic rings. The first kappa shape index (κ1) is 14.8. The van der Waals surface area contributed by atoms with E-state index in [1.165, 1.54) is 6.20 Å². The molecule has 6 nitrogen and oxygen atoms in total. The van der Waals surface area contributed by atoms with E-state index >= 15 is 0 Å². The van der Waals surface area contributed by atoms with E-state index < -0.39 is 0 Å². The number of hydrogen-bond acceptors (Lipinski definition) is 5. The number of aromatic nitrogens is 4. The van der Waals surface area contributed by atoms with Crippen LogP contribution in [0.4, 0.5) is 5.69 Å². The Labute approximate surface area is 133 Å². The standard InChI is InChI=1S/C17H15N5O/c1-11-7-8-18-16(21-11)13-3-5-14(6-4-13)22-17(23)15-10-19-12(2)9-20-15/h3-10H,1-2H3,(H,22,23). The highest BCUT2D eigenvalue weighted by Gasteiger charge is 2.08. The van der Waals surface area contributed by atoms with Crippen molar-refractivity contribution >= 4 is 11.6 Å². The maximum absolute atomic E-state index is 12.1. The number of aryl methyl sites for hydroxylation is 2. The van der Waals surface area contributed by atoms with Crippen LogP contribution in [0, 0.1) is 13.8 Å². The van der Waals surface area contributed by atoms with Crippen molar-refractivity contribution in [2.24, 2.45) is 0 Å². The number of hydrogen-bond donors (Lipinski definition) is 1. The van der Waals surface area contributed by atoms with E-state index in [1.54, 1.807) is 24.5 Å². The fraction of sp³-hybridized carbons (Fsp3) is 0.118. The summed E-state index contributed by atoms with van der Waals surface area (Å²) in [7, 11) is 0. The Balaban J connectivity index is 1.75. The Bertz CT molecular complexity index is 828. The minimum atomic E-state index is -0.294. The zero-order valence-corrected chi connectivity index (χ0v) is 12.8. The third-order valence-corrected chi connectivity index (χ3v) is 3.21. The number of anilines is 1. The Hall–Kier alpha value is -3.15. The number of nitrogens with zero attached hydrogens (tertiary/aromatic N) is 4. The Morgan fingerprint density at radius 2 is 1.70 bits per heavy atom. The first-order valence-electron chi connectivity index (χ1n) is 7.12. The van der Waals surface area contributed by atoms with Crippen LogP contribution in [0.2, 0.25) is 0 Å². The molecule has 0 spiro atoms. The van der Waals surface area contributed by atoms with Crippen molar-refractivity contribution in [3.63, 3.8) is 0 Å². The summed E-state index contributed by atoms with van der Waals surface area (Å²) >= 11 is 0. The number of rotatable bonds is 3. The predicted octanol–water partition coefficient (Wildman–Crippen LogP) is 2.80. The highest BCUT2D eigenvalue weighted by atomic mass is 16.1. The first-order valence-corrected chi connectivity index (χ1v) is 7.12. The maximum Gasteiger partial charge on any atom is 0.275 e. The molecule has 0 radical (unpaired) electrons. The number of benzene rings is 1. The largest absolute Gasteiger partial charge is 0.321 e. The predicted molar refractivity (Wildman–Crippen MR) is 86.9 cm³/mol. The summed E-state index contributed by atoms with van der Waals surface area (Å²) in [5, 5.41) is 2.79. The fourth-order valence-corrected chi connectivity index (χ4v) is 2.00. The van der Waals surface area contributed by atoms with Gasteiger partial charge in [-0.3, -0.25) is 9.78 Å². The number of amides is 1. The van der Waals surface area contributed by atoms with E-state index in [0.29, 0.717) is 11.5 Å². The molecule has 1 aromatic carbocycles. The second-order valence-electron chi connectivity index (χ2n) is 5.10. The smallest absolute Gasteiger partial charge is 0.275 e. The van der Waals surface area contributed by atoms with Gasteiger partial charge in [0, 0.05) is 29.3 Å². The SMILES string of the molecule is Cc1cnc(C(=O)Nc2ccc(-c3nccc(C)n3)cc2)cn1. The minimum absolute atomic E-state index is 0.279. The molecule has 0 saturated heterocycles. The molecule has 2 aromatic heterocycles. The van der Waals surface area contributed by atoms with Crippen molar-refractivity contribution < 1.29 is 4.79 Å². The van der Waals surface area contributed by atoms with Gasteiger partial charge in [-0.25, -0.2) is 15.0 Å². The zero-order chi connectivity index (χ0) is 16.2. The minimum Gasteiger partial charge on any atom is -0.321 e. The molecular weight excluding hydrogens is 290 g/mol. The van der Waals surface area contributed by atoms with Gasteiger partial charge in [0.05, 0.1) is 11.9 Å². The summed E-state index contributed by atoms with van der Waals surface area (Å²) in [6.45, 7) is 3.74. The van der Waals surface area contributed by atoms with Crippen molar-refractivity contribution in [1.29, 1.82) is 0 Å². The number of carbonyl (C=O) groups is 1. The normalized spacial score (nSPS) is 10.3. The average Bonchev–Trinajstić information content (AvgIpc) is 2.56. The van der Waals surface area contributed by atoms with Gasteiger partial charge >= 0.3 is 0 Å². The van der Waals surface area contributed by atoms with Crippen LogP contribution in [-0.4, -0.2) is 25.8 Å². The van der Waals surface area contributed by atoms with E-state index in [2.05, 4.69) is 25.3 Å². The topological polar surface area (TPSA) is 80.7 Å². The lowest BCUT2D eigenvalue weighted by atomic mass is 10.2. The van der Waals surface area contributed by atoms with Crippen molar-refractivity contribution in [3.05, 3.63) is 66.0 Å². The zero-order valence-electron chi connectivity index (χ0n) is 12.8. The van der Waals surface area contributed by atoms with Gasteiger partial charge in [0.25, 0.3) is 5.91 Å². The molecule has 0 bridgehead atoms. The van der Waals surface area contributed by atoms with Crippen molar-refractivity contribution in [2.45, 2.75) is 13.8 Å². The molecule has 1 amide bonds. The van der Waals surface area contributed by atoms with Gasteiger partial charge in [-0.05, 0) is 44.2 Å². The van der Waals surface area contributed by atoms with Gasteiger partial charge in [-0.2, -0.15) is 0 Å². The van der Waals surface area contributed by atoms with Crippen LogP contribution in [-0.2, 0) is 0 Å². The molecule has 114 valence electrons. The van der Waals surface area contributed by atoms with E-state index in [4.69, 9.17) is 0 Å². The molecule has 0 atom stereocenters. The van der Waals surface area contributed by atoms with Crippen LogP contribution < -0.4 is 5.32 Å². The van der Waals surface area contributed by atoms with Gasteiger partial charge < -0.3 is 5.32 Å². The van der Waals surface area contributed by atoms with Crippen molar-refractivity contribution in [3.8, 4) is 11.4 Å². The summed E-state index contributed by atoms with van der Waals surface area (Å²) in [6.07, 6.45) is 4.75. The molecule has 23 heavy (non-hydrogen) atoms. The molecule has 0 unspecified atom stereocenters. The Kier molecular flexibility index (Phi) is 4.05. The molecule has 0 aliphatic heterocycles. The van der Waals surface area contributed by atoms with E-state index in [0.717, 1.165) is 17.0 Å². The van der Waals surface area contributed by atoms with Gasteiger partial charge in [0.1, 0.15) is 5.69 Å². The van der Waals surface area contributed by atoms with E-state index in [-0.39, 0.29) is 11.6 Å². The van der Waals surface area contributed by atoms with Crippen LogP contribution in [0.5, 0.6) is 0 Å². The van der Waals surface area contributed by atoms with Gasteiger partial charge in [0.15, 0.2) is 5.82 Å². The molecule has 2 heterocycles. The average molecular weight is 305 g/mol. The Morgan fingerprint density at radius 3 is 2.35 bits per heavy atom. The monoisotopic (exact) mass is 305 g/mol. The van der Waals surface area contributed by atoms with Crippen LogP contribution in [0.1, 0.15) is 21.9 Å². The van der Waals surface area contributed by atoms with Crippen molar-refractivity contribution in [2.75, 3.05) is 5.32 Å². The molecule has 0 fully saturated rings. The van der Waals surface area contributed by atoms with E-state index in [9.17, 15) is 4.79 Å². The molecular formula is C17H15N5O. The third-order valence-electron chi connectivity index (χ3n) is 3.21. The maximum atomic E-state index is 12.1. The van der Waals surface area contributed by atoms with E-state index in [1.807, 2.05) is 32.0 Å². The molecule has 6 heteroatoms. The summed E-state index contributed by atoms with van der Waals surface area (Å²) < 4.78 is 0. The fourth-order valence-electron chi connectivity index (χ4n) is 2.00. The number of carbonyl (C=O) groups excluding carboxylic acids is 1. The van der Waals surface area contributed by atoms with Gasteiger partial charge in [-0.15, -0.1) is 0 Å². The van der Waals surface area contributed by atoms with Gasteiger partial charge in [-0.1, -0.05) is 0 Å². The lowest BCUT2D eigenvalue weighted by Gasteiger charge is -2.06. The summed E-state index contributed by atoms with van der Waals surface area (Å²) in [5.41, 5.74) is 3.52. The lowest BCUT2D eigenvalue weighted by molar-refractivity contribution is 0.102. The highest BCUT2D eigenvalue weighted by Crippen LogP contribution is 2.18. The van der Waals surface area contributed by atoms with Gasteiger partial charge in [0.2, 0.25) is 0 Å². The molecule has 0 aliphatic carbocycles. The first-order chi connectivity index (χ1) is 11.1. The van der Waals surface area contributed by atoms with Crippen LogP contribution >= 0.6 is 0 Å². The summed E-state index contributed by atoms with van der Waals surface area (Å²) in [4.78, 5) is 28.8. The van der Waals surface area contributed by atoms with Crippen LogP contribution in [0.15, 0.2) is 48.9 Å². The second-order valence-corrected chi connectivity index (χ2v) is 5.10. The quantitative estimate of drug-likeness (QED) is 0.804. The lowest BCUT2D eigenvalue weighted by Crippen LogP contribution is -2.14. The molecule has 0 saturated carbocycles. The third kappa shape index (κ3) is 3.55. The van der Waals surface area contributed by atoms with Crippen LogP contribution in [0.25, 0.3) is 11.4 Å². The Morgan fingerprint density at radius 1 is 0.913 bits per heavy atom. The summed E-state index contributed by atoms with van der Waals surface area (Å²) in [5.74, 6) is 0.365. The highest BCUT2D eigenvalue weighted by molar-refractivity contribution is 6.02. The second kappa shape index (κ2) is 6.31. The molecule has 1 N–H and O–H groups in total. The molecule has 3 rings (SSSR count). The van der Waals surface area contributed by atoms with Crippen LogP contribution in [0.3, 0.4) is 0 Å².